The molecule has 0 fully saturated rings. The van der Waals surface area contributed by atoms with Gasteiger partial charge in [0.05, 0.1) is 0 Å². The predicted molar refractivity (Wildman–Crippen MR) is 52.4 cm³/mol. The Labute approximate surface area is 78.5 Å². The molecule has 0 bridgehead atoms. The minimum atomic E-state index is -0.635. The Morgan fingerprint density at radius 3 is 2.46 bits per heavy atom. The second-order valence-electron chi connectivity index (χ2n) is 2.79. The van der Waals surface area contributed by atoms with Gasteiger partial charge in [0.2, 0.25) is 0 Å². The fourth-order valence-electron chi connectivity index (χ4n) is 1.19. The number of ether oxygens (including phenoxy) is 1. The molecule has 0 heterocycles. The van der Waals surface area contributed by atoms with Crippen LogP contribution in [0.15, 0.2) is 43.0 Å². The van der Waals surface area contributed by atoms with Crippen molar-refractivity contribution in [1.82, 2.24) is 0 Å². The topological polar surface area (TPSA) is 29.5 Å². The summed E-state index contributed by atoms with van der Waals surface area (Å²) in [7, 11) is 1.55. The molecule has 0 saturated carbocycles. The lowest BCUT2D eigenvalue weighted by atomic mass is 10.0. The first kappa shape index (κ1) is 9.96. The molecule has 2 nitrogen and oxygen atoms in total. The van der Waals surface area contributed by atoms with Gasteiger partial charge in [-0.25, -0.2) is 0 Å². The van der Waals surface area contributed by atoms with Gasteiger partial charge in [-0.1, -0.05) is 36.4 Å². The zero-order chi connectivity index (χ0) is 9.68. The van der Waals surface area contributed by atoms with Crippen molar-refractivity contribution in [3.63, 3.8) is 0 Å². The molecule has 70 valence electrons. The summed E-state index contributed by atoms with van der Waals surface area (Å²) in [6.45, 7) is 3.59. The summed E-state index contributed by atoms with van der Waals surface area (Å²) in [6, 6.07) is 9.40. The van der Waals surface area contributed by atoms with E-state index in [9.17, 15) is 5.11 Å². The highest BCUT2D eigenvalue weighted by atomic mass is 16.5. The first-order chi connectivity index (χ1) is 6.29. The van der Waals surface area contributed by atoms with Gasteiger partial charge < -0.3 is 9.84 Å². The van der Waals surface area contributed by atoms with Crippen LogP contribution in [-0.2, 0) is 4.74 Å². The van der Waals surface area contributed by atoms with Crippen LogP contribution in [0.2, 0.25) is 0 Å². The van der Waals surface area contributed by atoms with Gasteiger partial charge in [-0.05, 0) is 5.56 Å². The monoisotopic (exact) mass is 178 g/mol. The highest BCUT2D eigenvalue weighted by molar-refractivity contribution is 5.19. The van der Waals surface area contributed by atoms with Crippen LogP contribution in [0.25, 0.3) is 0 Å². The number of aliphatic hydroxyl groups excluding tert-OH is 1. The molecule has 13 heavy (non-hydrogen) atoms. The summed E-state index contributed by atoms with van der Waals surface area (Å²) in [5.74, 6) is 0. The highest BCUT2D eigenvalue weighted by Crippen LogP contribution is 2.18. The lowest BCUT2D eigenvalue weighted by molar-refractivity contribution is 0.0163. The van der Waals surface area contributed by atoms with E-state index in [1.807, 2.05) is 30.3 Å². The lowest BCUT2D eigenvalue weighted by Gasteiger charge is -2.18. The molecular weight excluding hydrogens is 164 g/mol. The van der Waals surface area contributed by atoms with Crippen LogP contribution in [0.4, 0.5) is 0 Å². The standard InChI is InChI=1S/C11H14O2/c1-3-10(13-2)11(12)9-7-5-4-6-8-9/h3-8,10-12H,1H2,2H3/t10-,11+/m1/s1. The second kappa shape index (κ2) is 4.80. The van der Waals surface area contributed by atoms with E-state index < -0.39 is 6.10 Å². The van der Waals surface area contributed by atoms with Crippen molar-refractivity contribution < 1.29 is 9.84 Å². The number of methoxy groups -OCH3 is 1. The van der Waals surface area contributed by atoms with E-state index in [1.54, 1.807) is 13.2 Å². The molecule has 0 spiro atoms. The van der Waals surface area contributed by atoms with E-state index in [-0.39, 0.29) is 6.10 Å². The Morgan fingerprint density at radius 2 is 2.00 bits per heavy atom. The Balaban J connectivity index is 2.77. The summed E-state index contributed by atoms with van der Waals surface area (Å²) in [5, 5.41) is 9.78. The predicted octanol–water partition coefficient (Wildman–Crippen LogP) is 1.92. The van der Waals surface area contributed by atoms with Crippen LogP contribution in [0.1, 0.15) is 11.7 Å². The fraction of sp³-hybridized carbons (Fsp3) is 0.273. The Morgan fingerprint density at radius 1 is 1.38 bits per heavy atom. The van der Waals surface area contributed by atoms with Crippen molar-refractivity contribution in [3.05, 3.63) is 48.6 Å². The zero-order valence-electron chi connectivity index (χ0n) is 7.68. The molecule has 1 aromatic rings. The van der Waals surface area contributed by atoms with Crippen molar-refractivity contribution in [3.8, 4) is 0 Å². The number of hydrogen-bond donors (Lipinski definition) is 1. The third-order valence-corrected chi connectivity index (χ3v) is 1.96. The SMILES string of the molecule is C=C[C@@H](OC)[C@@H](O)c1ccccc1. The van der Waals surface area contributed by atoms with Gasteiger partial charge in [0.15, 0.2) is 0 Å². The summed E-state index contributed by atoms with van der Waals surface area (Å²) >= 11 is 0. The van der Waals surface area contributed by atoms with E-state index in [0.29, 0.717) is 0 Å². The van der Waals surface area contributed by atoms with E-state index >= 15 is 0 Å². The maximum Gasteiger partial charge on any atom is 0.109 e. The van der Waals surface area contributed by atoms with E-state index in [1.165, 1.54) is 0 Å². The van der Waals surface area contributed by atoms with Crippen LogP contribution in [0.3, 0.4) is 0 Å². The molecule has 0 saturated heterocycles. The highest BCUT2D eigenvalue weighted by Gasteiger charge is 2.16. The summed E-state index contributed by atoms with van der Waals surface area (Å²) < 4.78 is 5.05. The molecule has 1 rings (SSSR count). The van der Waals surface area contributed by atoms with Crippen molar-refractivity contribution in [2.45, 2.75) is 12.2 Å². The molecule has 0 unspecified atom stereocenters. The largest absolute Gasteiger partial charge is 0.385 e. The van der Waals surface area contributed by atoms with E-state index in [0.717, 1.165) is 5.56 Å². The Kier molecular flexibility index (Phi) is 3.68. The average molecular weight is 178 g/mol. The van der Waals surface area contributed by atoms with Gasteiger partial charge in [-0.3, -0.25) is 0 Å². The molecule has 1 aromatic carbocycles. The summed E-state index contributed by atoms with van der Waals surface area (Å²) in [6.07, 6.45) is 0.614. The number of rotatable bonds is 4. The molecule has 0 aliphatic heterocycles. The van der Waals surface area contributed by atoms with Crippen molar-refractivity contribution in [2.75, 3.05) is 7.11 Å². The number of benzene rings is 1. The molecule has 0 amide bonds. The van der Waals surface area contributed by atoms with Crippen molar-refractivity contribution in [2.24, 2.45) is 0 Å². The number of aliphatic hydroxyl groups is 1. The Hall–Kier alpha value is -1.12. The molecule has 0 aliphatic carbocycles. The fourth-order valence-corrected chi connectivity index (χ4v) is 1.19. The van der Waals surface area contributed by atoms with Gasteiger partial charge in [0.25, 0.3) is 0 Å². The number of hydrogen-bond acceptors (Lipinski definition) is 2. The van der Waals surface area contributed by atoms with Crippen LogP contribution < -0.4 is 0 Å². The maximum atomic E-state index is 9.78. The second-order valence-corrected chi connectivity index (χ2v) is 2.79. The first-order valence-electron chi connectivity index (χ1n) is 4.18. The summed E-state index contributed by atoms with van der Waals surface area (Å²) in [4.78, 5) is 0. The third-order valence-electron chi connectivity index (χ3n) is 1.96. The van der Waals surface area contributed by atoms with Gasteiger partial charge in [0, 0.05) is 7.11 Å². The molecule has 1 N–H and O–H groups in total. The van der Waals surface area contributed by atoms with Gasteiger partial charge in [-0.15, -0.1) is 6.58 Å². The van der Waals surface area contributed by atoms with Crippen LogP contribution in [-0.4, -0.2) is 18.3 Å². The van der Waals surface area contributed by atoms with E-state index in [2.05, 4.69) is 6.58 Å². The van der Waals surface area contributed by atoms with Crippen LogP contribution in [0.5, 0.6) is 0 Å². The molecule has 0 radical (unpaired) electrons. The molecule has 0 aliphatic rings. The minimum absolute atomic E-state index is 0.345. The molecule has 2 atom stereocenters. The quantitative estimate of drug-likeness (QED) is 0.714. The van der Waals surface area contributed by atoms with Gasteiger partial charge in [0.1, 0.15) is 12.2 Å². The third kappa shape index (κ3) is 2.41. The average Bonchev–Trinajstić information content (AvgIpc) is 2.21. The van der Waals surface area contributed by atoms with Crippen molar-refractivity contribution >= 4 is 0 Å². The molecular formula is C11H14O2. The lowest BCUT2D eigenvalue weighted by Crippen LogP contribution is -2.17. The molecule has 2 heteroatoms. The van der Waals surface area contributed by atoms with Crippen LogP contribution >= 0.6 is 0 Å². The van der Waals surface area contributed by atoms with E-state index in [4.69, 9.17) is 4.74 Å². The minimum Gasteiger partial charge on any atom is -0.385 e. The zero-order valence-corrected chi connectivity index (χ0v) is 7.68. The van der Waals surface area contributed by atoms with Gasteiger partial charge in [-0.2, -0.15) is 0 Å². The Bertz CT molecular complexity index is 256. The maximum absolute atomic E-state index is 9.78. The van der Waals surface area contributed by atoms with Gasteiger partial charge >= 0.3 is 0 Å². The smallest absolute Gasteiger partial charge is 0.109 e. The normalized spacial score (nSPS) is 14.9. The summed E-state index contributed by atoms with van der Waals surface area (Å²) in [5.41, 5.74) is 0.842. The molecule has 0 aromatic heterocycles. The van der Waals surface area contributed by atoms with Crippen molar-refractivity contribution in [1.29, 1.82) is 0 Å². The van der Waals surface area contributed by atoms with Crippen LogP contribution in [0, 0.1) is 0 Å². The first-order valence-corrected chi connectivity index (χ1v) is 4.18.